The van der Waals surface area contributed by atoms with Gasteiger partial charge in [-0.3, -0.25) is 4.79 Å². The molecule has 0 saturated carbocycles. The lowest BCUT2D eigenvalue weighted by Crippen LogP contribution is -2.28. The number of carbonyl (C=O) groups excluding carboxylic acids is 2. The average Bonchev–Trinajstić information content (AvgIpc) is 2.70. The van der Waals surface area contributed by atoms with Gasteiger partial charge in [0.1, 0.15) is 5.75 Å². The topological polar surface area (TPSA) is 98.8 Å². The van der Waals surface area contributed by atoms with Crippen molar-refractivity contribution in [3.8, 4) is 5.75 Å². The van der Waals surface area contributed by atoms with Crippen LogP contribution in [0, 0.1) is 0 Å². The third-order valence-corrected chi connectivity index (χ3v) is 5.05. The molecule has 0 atom stereocenters. The zero-order valence-electron chi connectivity index (χ0n) is 14.7. The van der Waals surface area contributed by atoms with Crippen LogP contribution in [0.25, 0.3) is 0 Å². The largest absolute Gasteiger partial charge is 0.496 e. The van der Waals surface area contributed by atoms with Crippen molar-refractivity contribution in [2.45, 2.75) is 17.2 Å². The second-order valence-corrected chi connectivity index (χ2v) is 7.41. The molecule has 2 aromatic carbocycles. The number of benzene rings is 2. The summed E-state index contributed by atoms with van der Waals surface area (Å²) >= 11 is 0. The molecule has 10 heteroatoms. The maximum atomic E-state index is 12.5. The Morgan fingerprint density at radius 2 is 1.71 bits per heavy atom. The third kappa shape index (κ3) is 5.26. The van der Waals surface area contributed by atoms with E-state index in [0.717, 1.165) is 29.8 Å². The number of rotatable bonds is 8. The smallest absolute Gasteiger partial charge is 0.341 e. The van der Waals surface area contributed by atoms with Crippen molar-refractivity contribution in [3.63, 3.8) is 0 Å². The van der Waals surface area contributed by atoms with Gasteiger partial charge in [0.25, 0.3) is 5.91 Å². The van der Waals surface area contributed by atoms with E-state index < -0.39 is 39.0 Å². The van der Waals surface area contributed by atoms with E-state index in [2.05, 4.69) is 5.32 Å². The quantitative estimate of drug-likeness (QED) is 0.666. The molecule has 0 aromatic heterocycles. The van der Waals surface area contributed by atoms with E-state index in [0.29, 0.717) is 5.75 Å². The third-order valence-electron chi connectivity index (χ3n) is 3.66. The molecule has 150 valence electrons. The van der Waals surface area contributed by atoms with Gasteiger partial charge in [0, 0.05) is 12.1 Å². The van der Waals surface area contributed by atoms with E-state index in [9.17, 15) is 26.8 Å². The highest BCUT2D eigenvalue weighted by Gasteiger charge is 2.26. The molecule has 0 saturated heterocycles. The summed E-state index contributed by atoms with van der Waals surface area (Å²) in [5.74, 6) is -4.42. The van der Waals surface area contributed by atoms with Crippen LogP contribution in [-0.2, 0) is 25.9 Å². The van der Waals surface area contributed by atoms with Crippen molar-refractivity contribution in [1.29, 1.82) is 0 Å². The Kier molecular flexibility index (Phi) is 7.05. The number of carbonyl (C=O) groups is 2. The Morgan fingerprint density at radius 1 is 1.07 bits per heavy atom. The van der Waals surface area contributed by atoms with Crippen molar-refractivity contribution < 1.29 is 36.3 Å². The second-order valence-electron chi connectivity index (χ2n) is 5.49. The monoisotopic (exact) mass is 413 g/mol. The van der Waals surface area contributed by atoms with Crippen molar-refractivity contribution in [2.75, 3.05) is 13.7 Å². The van der Waals surface area contributed by atoms with Gasteiger partial charge < -0.3 is 14.8 Å². The van der Waals surface area contributed by atoms with Crippen LogP contribution in [0.4, 0.5) is 8.78 Å². The summed E-state index contributed by atoms with van der Waals surface area (Å²) < 4.78 is 57.6. The van der Waals surface area contributed by atoms with Gasteiger partial charge in [-0.25, -0.2) is 13.2 Å². The number of halogens is 2. The van der Waals surface area contributed by atoms with Crippen LogP contribution >= 0.6 is 0 Å². The van der Waals surface area contributed by atoms with Gasteiger partial charge in [0.15, 0.2) is 6.61 Å². The fraction of sp³-hybridized carbons (Fsp3) is 0.222. The Labute approximate surface area is 160 Å². The number of hydrogen-bond acceptors (Lipinski definition) is 6. The van der Waals surface area contributed by atoms with Crippen molar-refractivity contribution in [1.82, 2.24) is 5.32 Å². The van der Waals surface area contributed by atoms with Crippen LogP contribution < -0.4 is 10.1 Å². The van der Waals surface area contributed by atoms with E-state index >= 15 is 0 Å². The lowest BCUT2D eigenvalue weighted by atomic mass is 10.2. The lowest BCUT2D eigenvalue weighted by Gasteiger charge is -2.10. The first-order chi connectivity index (χ1) is 13.3. The minimum Gasteiger partial charge on any atom is -0.496 e. The van der Waals surface area contributed by atoms with Crippen LogP contribution in [0.1, 0.15) is 15.9 Å². The van der Waals surface area contributed by atoms with Crippen molar-refractivity contribution >= 4 is 21.7 Å². The first-order valence-electron chi connectivity index (χ1n) is 7.93. The van der Waals surface area contributed by atoms with Crippen LogP contribution in [-0.4, -0.2) is 39.8 Å². The average molecular weight is 413 g/mol. The van der Waals surface area contributed by atoms with Gasteiger partial charge in [0.05, 0.1) is 17.6 Å². The molecule has 0 spiro atoms. The highest BCUT2D eigenvalue weighted by atomic mass is 32.2. The molecule has 2 aromatic rings. The molecule has 7 nitrogen and oxygen atoms in total. The Hall–Kier alpha value is -3.01. The van der Waals surface area contributed by atoms with Crippen LogP contribution in [0.15, 0.2) is 53.4 Å². The summed E-state index contributed by atoms with van der Waals surface area (Å²) in [5.41, 5.74) is 0.659. The number of methoxy groups -OCH3 is 1. The molecular formula is C18H17F2NO6S. The molecule has 0 fully saturated rings. The van der Waals surface area contributed by atoms with Crippen molar-refractivity contribution in [2.24, 2.45) is 0 Å². The zero-order chi connectivity index (χ0) is 20.7. The van der Waals surface area contributed by atoms with E-state index in [-0.39, 0.29) is 12.1 Å². The summed E-state index contributed by atoms with van der Waals surface area (Å²) in [6.07, 6.45) is 0. The SMILES string of the molecule is COc1ccccc1CNC(=O)COC(=O)c1ccc(S(=O)(=O)C(F)F)cc1. The highest BCUT2D eigenvalue weighted by Crippen LogP contribution is 2.19. The first kappa shape index (κ1) is 21.3. The van der Waals surface area contributed by atoms with Crippen LogP contribution in [0.5, 0.6) is 5.75 Å². The predicted molar refractivity (Wildman–Crippen MR) is 94.8 cm³/mol. The minimum absolute atomic E-state index is 0.0780. The number of esters is 1. The molecule has 0 heterocycles. The second kappa shape index (κ2) is 9.27. The summed E-state index contributed by atoms with van der Waals surface area (Å²) in [5, 5.41) is 2.56. The summed E-state index contributed by atoms with van der Waals surface area (Å²) in [7, 11) is -3.24. The molecular weight excluding hydrogens is 396 g/mol. The normalized spacial score (nSPS) is 11.1. The molecule has 0 aliphatic rings. The summed E-state index contributed by atoms with van der Waals surface area (Å²) in [6, 6.07) is 10.9. The maximum Gasteiger partial charge on any atom is 0.341 e. The zero-order valence-corrected chi connectivity index (χ0v) is 15.5. The molecule has 1 N–H and O–H groups in total. The van der Waals surface area contributed by atoms with E-state index in [1.54, 1.807) is 24.3 Å². The molecule has 1 amide bonds. The molecule has 0 bridgehead atoms. The van der Waals surface area contributed by atoms with Gasteiger partial charge in [-0.15, -0.1) is 0 Å². The van der Waals surface area contributed by atoms with E-state index in [1.807, 2.05) is 0 Å². The van der Waals surface area contributed by atoms with Gasteiger partial charge >= 0.3 is 11.7 Å². The number of para-hydroxylation sites is 1. The number of nitrogens with one attached hydrogen (secondary N) is 1. The number of ether oxygens (including phenoxy) is 2. The fourth-order valence-corrected chi connectivity index (χ4v) is 2.91. The number of amides is 1. The Balaban J connectivity index is 1.88. The minimum atomic E-state index is -4.74. The molecule has 0 radical (unpaired) electrons. The predicted octanol–water partition coefficient (Wildman–Crippen LogP) is 2.16. The van der Waals surface area contributed by atoms with E-state index in [4.69, 9.17) is 9.47 Å². The summed E-state index contributed by atoms with van der Waals surface area (Å²) in [4.78, 5) is 23.1. The van der Waals surface area contributed by atoms with Gasteiger partial charge in [0.2, 0.25) is 9.84 Å². The molecule has 28 heavy (non-hydrogen) atoms. The van der Waals surface area contributed by atoms with Gasteiger partial charge in [-0.05, 0) is 30.3 Å². The Morgan fingerprint density at radius 3 is 2.32 bits per heavy atom. The van der Waals surface area contributed by atoms with Crippen LogP contribution in [0.2, 0.25) is 0 Å². The molecule has 0 aliphatic heterocycles. The van der Waals surface area contributed by atoms with Crippen molar-refractivity contribution in [3.05, 3.63) is 59.7 Å². The number of alkyl halides is 2. The molecule has 0 aliphatic carbocycles. The standard InChI is InChI=1S/C18H17F2NO6S/c1-26-15-5-3-2-4-13(15)10-21-16(22)11-27-17(23)12-6-8-14(9-7-12)28(24,25)18(19)20/h2-9,18H,10-11H2,1H3,(H,21,22). The number of sulfone groups is 1. The summed E-state index contributed by atoms with van der Waals surface area (Å²) in [6.45, 7) is -0.397. The van der Waals surface area contributed by atoms with Gasteiger partial charge in [-0.2, -0.15) is 8.78 Å². The van der Waals surface area contributed by atoms with E-state index in [1.165, 1.54) is 7.11 Å². The first-order valence-corrected chi connectivity index (χ1v) is 9.48. The Bertz CT molecular complexity index is 945. The molecule has 2 rings (SSSR count). The van der Waals surface area contributed by atoms with Crippen LogP contribution in [0.3, 0.4) is 0 Å². The van der Waals surface area contributed by atoms with Gasteiger partial charge in [-0.1, -0.05) is 18.2 Å². The highest BCUT2D eigenvalue weighted by molar-refractivity contribution is 7.91. The number of hydrogen-bond donors (Lipinski definition) is 1. The maximum absolute atomic E-state index is 12.5. The fourth-order valence-electron chi connectivity index (χ4n) is 2.19. The molecule has 0 unspecified atom stereocenters. The lowest BCUT2D eigenvalue weighted by molar-refractivity contribution is -0.124.